The fourth-order valence-corrected chi connectivity index (χ4v) is 3.47. The van der Waals surface area contributed by atoms with Gasteiger partial charge < -0.3 is 0 Å². The van der Waals surface area contributed by atoms with Gasteiger partial charge in [-0.2, -0.15) is 0 Å². The zero-order chi connectivity index (χ0) is 15.3. The third-order valence-electron chi connectivity index (χ3n) is 3.96. The molecule has 0 atom stereocenters. The summed E-state index contributed by atoms with van der Waals surface area (Å²) < 4.78 is 0. The molecule has 0 saturated carbocycles. The third-order valence-corrected chi connectivity index (χ3v) is 4.59. The largest absolute Gasteiger partial charge is 0.289 e. The monoisotopic (exact) mass is 324 g/mol. The maximum absolute atomic E-state index is 12.8. The minimum atomic E-state index is -0.000794. The SMILES string of the molecule is O=C(c1ccccc1)c1cc2ccc1c1c(Cl)ccc(Cl)c21. The Hall–Kier alpha value is -2.09. The van der Waals surface area contributed by atoms with Gasteiger partial charge in [0, 0.05) is 31.9 Å². The highest BCUT2D eigenvalue weighted by atomic mass is 35.5. The highest BCUT2D eigenvalue weighted by molar-refractivity contribution is 6.44. The number of carbonyl (C=O) groups is 1. The molecule has 0 aromatic heterocycles. The minimum absolute atomic E-state index is 0.000794. The fraction of sp³-hybridized carbons (Fsp3) is 0. The first-order valence-corrected chi connectivity index (χ1v) is 7.65. The predicted octanol–water partition coefficient (Wildman–Crippen LogP) is 5.97. The van der Waals surface area contributed by atoms with Crippen molar-refractivity contribution in [3.05, 3.63) is 81.8 Å². The smallest absolute Gasteiger partial charge is 0.193 e. The van der Waals surface area contributed by atoms with Crippen LogP contribution >= 0.6 is 23.2 Å². The molecular formula is C19H10Cl2O. The van der Waals surface area contributed by atoms with E-state index in [9.17, 15) is 4.79 Å². The maximum Gasteiger partial charge on any atom is 0.193 e. The van der Waals surface area contributed by atoms with Crippen LogP contribution in [0.15, 0.2) is 60.7 Å². The Morgan fingerprint density at radius 2 is 1.45 bits per heavy atom. The van der Waals surface area contributed by atoms with Crippen molar-refractivity contribution in [2.75, 3.05) is 0 Å². The maximum atomic E-state index is 12.8. The summed E-state index contributed by atoms with van der Waals surface area (Å²) in [5.41, 5.74) is 1.34. The molecule has 0 unspecified atom stereocenters. The van der Waals surface area contributed by atoms with E-state index in [0.29, 0.717) is 21.2 Å². The molecule has 0 aliphatic carbocycles. The van der Waals surface area contributed by atoms with Gasteiger partial charge in [-0.3, -0.25) is 4.79 Å². The van der Waals surface area contributed by atoms with Crippen molar-refractivity contribution in [3.63, 3.8) is 0 Å². The van der Waals surface area contributed by atoms with Crippen LogP contribution in [0.5, 0.6) is 0 Å². The summed E-state index contributed by atoms with van der Waals surface area (Å²) in [4.78, 5) is 12.8. The molecule has 22 heavy (non-hydrogen) atoms. The molecule has 0 heterocycles. The summed E-state index contributed by atoms with van der Waals surface area (Å²) in [6, 6.07) is 18.6. The molecule has 3 heteroatoms. The van der Waals surface area contributed by atoms with Gasteiger partial charge in [-0.05, 0) is 29.0 Å². The van der Waals surface area contributed by atoms with Crippen molar-refractivity contribution >= 4 is 50.5 Å². The Morgan fingerprint density at radius 1 is 0.773 bits per heavy atom. The van der Waals surface area contributed by atoms with Gasteiger partial charge in [-0.25, -0.2) is 0 Å². The van der Waals surface area contributed by atoms with Crippen molar-refractivity contribution in [1.82, 2.24) is 0 Å². The molecular weight excluding hydrogens is 315 g/mol. The van der Waals surface area contributed by atoms with E-state index in [1.54, 1.807) is 12.1 Å². The molecule has 5 rings (SSSR count). The highest BCUT2D eigenvalue weighted by Crippen LogP contribution is 2.40. The quantitative estimate of drug-likeness (QED) is 0.415. The van der Waals surface area contributed by atoms with Gasteiger partial charge >= 0.3 is 0 Å². The Kier molecular flexibility index (Phi) is 3.07. The molecule has 0 aliphatic rings. The first kappa shape index (κ1) is 13.6. The number of benzene rings is 5. The summed E-state index contributed by atoms with van der Waals surface area (Å²) >= 11 is 12.7. The van der Waals surface area contributed by atoms with Crippen LogP contribution in [0.1, 0.15) is 15.9 Å². The van der Waals surface area contributed by atoms with Crippen LogP contribution in [0.25, 0.3) is 21.5 Å². The summed E-state index contributed by atoms with van der Waals surface area (Å²) in [5.74, 6) is -0.000794. The topological polar surface area (TPSA) is 17.1 Å². The van der Waals surface area contributed by atoms with E-state index in [1.807, 2.05) is 48.5 Å². The van der Waals surface area contributed by atoms with Gasteiger partial charge in [-0.1, -0.05) is 65.7 Å². The van der Waals surface area contributed by atoms with Crippen molar-refractivity contribution in [3.8, 4) is 0 Å². The average molecular weight is 325 g/mol. The average Bonchev–Trinajstić information content (AvgIpc) is 2.58. The molecule has 0 N–H and O–H groups in total. The number of halogens is 2. The highest BCUT2D eigenvalue weighted by Gasteiger charge is 2.18. The lowest BCUT2D eigenvalue weighted by Crippen LogP contribution is -2.03. The van der Waals surface area contributed by atoms with E-state index < -0.39 is 0 Å². The molecule has 2 bridgehead atoms. The second kappa shape index (κ2) is 4.98. The van der Waals surface area contributed by atoms with Gasteiger partial charge in [0.05, 0.1) is 0 Å². The van der Waals surface area contributed by atoms with Gasteiger partial charge in [0.25, 0.3) is 0 Å². The van der Waals surface area contributed by atoms with Crippen LogP contribution in [0.2, 0.25) is 10.0 Å². The fourth-order valence-electron chi connectivity index (χ4n) is 2.95. The van der Waals surface area contributed by atoms with Crippen LogP contribution in [0, 0.1) is 0 Å². The first-order chi connectivity index (χ1) is 10.7. The number of fused-ring (bicyclic) bond motifs is 2. The second-order valence-corrected chi connectivity index (χ2v) is 6.05. The summed E-state index contributed by atoms with van der Waals surface area (Å²) in [6.07, 6.45) is 0. The molecule has 1 nitrogen and oxygen atoms in total. The lowest BCUT2D eigenvalue weighted by molar-refractivity contribution is 0.104. The van der Waals surface area contributed by atoms with E-state index in [-0.39, 0.29) is 5.78 Å². The second-order valence-electron chi connectivity index (χ2n) is 5.23. The lowest BCUT2D eigenvalue weighted by Gasteiger charge is -2.14. The predicted molar refractivity (Wildman–Crippen MR) is 92.5 cm³/mol. The van der Waals surface area contributed by atoms with Crippen molar-refractivity contribution in [2.24, 2.45) is 0 Å². The van der Waals surface area contributed by atoms with E-state index in [0.717, 1.165) is 21.5 Å². The summed E-state index contributed by atoms with van der Waals surface area (Å²) in [6.45, 7) is 0. The normalized spacial score (nSPS) is 11.4. The van der Waals surface area contributed by atoms with Gasteiger partial charge in [0.15, 0.2) is 5.78 Å². The van der Waals surface area contributed by atoms with E-state index in [4.69, 9.17) is 23.2 Å². The molecule has 0 fully saturated rings. The molecule has 5 aromatic carbocycles. The van der Waals surface area contributed by atoms with Crippen molar-refractivity contribution < 1.29 is 4.79 Å². The molecule has 0 spiro atoms. The van der Waals surface area contributed by atoms with E-state index in [2.05, 4.69) is 0 Å². The first-order valence-electron chi connectivity index (χ1n) is 6.89. The Morgan fingerprint density at radius 3 is 2.18 bits per heavy atom. The molecule has 5 aromatic rings. The van der Waals surface area contributed by atoms with Crippen molar-refractivity contribution in [1.29, 1.82) is 0 Å². The number of rotatable bonds is 2. The third kappa shape index (κ3) is 1.90. The zero-order valence-corrected chi connectivity index (χ0v) is 12.9. The van der Waals surface area contributed by atoms with Crippen molar-refractivity contribution in [2.45, 2.75) is 0 Å². The number of hydrogen-bond acceptors (Lipinski definition) is 1. The number of hydrogen-bond donors (Lipinski definition) is 0. The standard InChI is InChI=1S/C19H10Cl2O/c20-15-8-9-16(21)18-13-7-6-12(17(15)18)10-14(13)19(22)11-4-2-1-3-5-11/h1-10H. The van der Waals surface area contributed by atoms with Crippen LogP contribution in [-0.4, -0.2) is 5.78 Å². The molecule has 106 valence electrons. The van der Waals surface area contributed by atoms with Gasteiger partial charge in [0.2, 0.25) is 0 Å². The van der Waals surface area contributed by atoms with Crippen LogP contribution in [0.4, 0.5) is 0 Å². The number of ketones is 1. The minimum Gasteiger partial charge on any atom is -0.289 e. The molecule has 0 radical (unpaired) electrons. The van der Waals surface area contributed by atoms with E-state index in [1.165, 1.54) is 0 Å². The van der Waals surface area contributed by atoms with Gasteiger partial charge in [-0.15, -0.1) is 0 Å². The Labute approximate surface area is 137 Å². The van der Waals surface area contributed by atoms with Crippen LogP contribution in [-0.2, 0) is 0 Å². The molecule has 0 saturated heterocycles. The summed E-state index contributed by atoms with van der Waals surface area (Å²) in [5, 5.41) is 4.80. The Bertz CT molecular complexity index is 1010. The number of carbonyl (C=O) groups excluding carboxylic acids is 1. The van der Waals surface area contributed by atoms with Crippen LogP contribution < -0.4 is 0 Å². The molecule has 0 amide bonds. The molecule has 0 aliphatic heterocycles. The van der Waals surface area contributed by atoms with Gasteiger partial charge in [0.1, 0.15) is 0 Å². The zero-order valence-electron chi connectivity index (χ0n) is 11.4. The summed E-state index contributed by atoms with van der Waals surface area (Å²) in [7, 11) is 0. The van der Waals surface area contributed by atoms with Crippen LogP contribution in [0.3, 0.4) is 0 Å². The Balaban J connectivity index is 2.05. The lowest BCUT2D eigenvalue weighted by atomic mass is 9.91. The van der Waals surface area contributed by atoms with E-state index >= 15 is 0 Å².